The molecule has 0 atom stereocenters. The van der Waals surface area contributed by atoms with Gasteiger partial charge in [0.2, 0.25) is 0 Å². The Kier molecular flexibility index (Phi) is 3.46. The van der Waals surface area contributed by atoms with E-state index in [1.54, 1.807) is 0 Å². The predicted octanol–water partition coefficient (Wildman–Crippen LogP) is 7.05. The molecular formula is C24H16O2. The van der Waals surface area contributed by atoms with Crippen molar-refractivity contribution in [2.75, 3.05) is 0 Å². The minimum absolute atomic E-state index is 0.829. The van der Waals surface area contributed by atoms with E-state index in [-0.39, 0.29) is 0 Å². The molecule has 0 spiro atoms. The van der Waals surface area contributed by atoms with Crippen LogP contribution in [0.2, 0.25) is 0 Å². The first kappa shape index (κ1) is 14.8. The average molecular weight is 336 g/mol. The maximum Gasteiger partial charge on any atom is 0.135 e. The van der Waals surface area contributed by atoms with Crippen LogP contribution >= 0.6 is 0 Å². The molecule has 0 N–H and O–H groups in total. The van der Waals surface area contributed by atoms with Gasteiger partial charge in [0.15, 0.2) is 0 Å². The molecule has 0 unspecified atom stereocenters. The van der Waals surface area contributed by atoms with Crippen molar-refractivity contribution in [2.45, 2.75) is 0 Å². The fourth-order valence-electron chi connectivity index (χ4n) is 3.25. The Labute approximate surface area is 151 Å². The van der Waals surface area contributed by atoms with Crippen LogP contribution in [0.25, 0.3) is 33.1 Å². The minimum atomic E-state index is 0.829. The van der Waals surface area contributed by atoms with Crippen LogP contribution in [-0.4, -0.2) is 0 Å². The highest BCUT2D eigenvalue weighted by Crippen LogP contribution is 2.33. The number of para-hydroxylation sites is 2. The van der Waals surface area contributed by atoms with Crippen molar-refractivity contribution < 1.29 is 9.15 Å². The number of benzene rings is 4. The maximum atomic E-state index is 5.91. The van der Waals surface area contributed by atoms with Crippen LogP contribution in [0.15, 0.2) is 101 Å². The molecule has 1 heterocycles. The molecule has 5 rings (SSSR count). The highest BCUT2D eigenvalue weighted by molar-refractivity contribution is 6.06. The molecule has 5 aromatic rings. The molecule has 4 aromatic carbocycles. The predicted molar refractivity (Wildman–Crippen MR) is 106 cm³/mol. The number of ether oxygens (including phenoxy) is 1. The first-order chi connectivity index (χ1) is 12.9. The van der Waals surface area contributed by atoms with Crippen LogP contribution in [0.4, 0.5) is 0 Å². The summed E-state index contributed by atoms with van der Waals surface area (Å²) >= 11 is 0. The summed E-state index contributed by atoms with van der Waals surface area (Å²) in [5, 5.41) is 2.29. The Balaban J connectivity index is 1.50. The summed E-state index contributed by atoms with van der Waals surface area (Å²) in [7, 11) is 0. The molecule has 26 heavy (non-hydrogen) atoms. The highest BCUT2D eigenvalue weighted by Gasteiger charge is 2.08. The van der Waals surface area contributed by atoms with Gasteiger partial charge in [-0.25, -0.2) is 0 Å². The fourth-order valence-corrected chi connectivity index (χ4v) is 3.25. The van der Waals surface area contributed by atoms with Crippen LogP contribution in [0.5, 0.6) is 11.5 Å². The van der Waals surface area contributed by atoms with Crippen LogP contribution in [0.3, 0.4) is 0 Å². The number of hydrogen-bond acceptors (Lipinski definition) is 2. The average Bonchev–Trinajstić information content (AvgIpc) is 3.07. The molecule has 0 aliphatic carbocycles. The van der Waals surface area contributed by atoms with Gasteiger partial charge in [-0.15, -0.1) is 0 Å². The lowest BCUT2D eigenvalue weighted by molar-refractivity contribution is 0.483. The summed E-state index contributed by atoms with van der Waals surface area (Å²) < 4.78 is 11.8. The maximum absolute atomic E-state index is 5.91. The van der Waals surface area contributed by atoms with E-state index in [0.717, 1.165) is 44.6 Å². The van der Waals surface area contributed by atoms with Gasteiger partial charge in [0.25, 0.3) is 0 Å². The van der Waals surface area contributed by atoms with E-state index < -0.39 is 0 Å². The van der Waals surface area contributed by atoms with Crippen molar-refractivity contribution in [2.24, 2.45) is 0 Å². The summed E-state index contributed by atoms with van der Waals surface area (Å²) in [5.74, 6) is 1.67. The largest absolute Gasteiger partial charge is 0.457 e. The normalized spacial score (nSPS) is 11.1. The fraction of sp³-hybridized carbons (Fsp3) is 0. The topological polar surface area (TPSA) is 22.4 Å². The number of hydrogen-bond donors (Lipinski definition) is 0. The number of rotatable bonds is 3. The van der Waals surface area contributed by atoms with E-state index in [1.165, 1.54) is 0 Å². The third-order valence-electron chi connectivity index (χ3n) is 4.54. The van der Waals surface area contributed by atoms with Crippen molar-refractivity contribution in [1.29, 1.82) is 0 Å². The van der Waals surface area contributed by atoms with Gasteiger partial charge in [0.05, 0.1) is 0 Å². The second-order valence-electron chi connectivity index (χ2n) is 6.25. The summed E-state index contributed by atoms with van der Waals surface area (Å²) in [4.78, 5) is 0. The molecule has 0 fully saturated rings. The quantitative estimate of drug-likeness (QED) is 0.352. The Bertz CT molecular complexity index is 1190. The van der Waals surface area contributed by atoms with Gasteiger partial charge in [-0.05, 0) is 53.6 Å². The van der Waals surface area contributed by atoms with E-state index in [4.69, 9.17) is 9.15 Å². The molecule has 0 aliphatic heterocycles. The summed E-state index contributed by atoms with van der Waals surface area (Å²) in [5.41, 5.74) is 4.15. The third kappa shape index (κ3) is 2.62. The Morgan fingerprint density at radius 1 is 0.500 bits per heavy atom. The zero-order chi connectivity index (χ0) is 17.3. The first-order valence-electron chi connectivity index (χ1n) is 8.61. The van der Waals surface area contributed by atoms with Gasteiger partial charge in [0, 0.05) is 10.8 Å². The van der Waals surface area contributed by atoms with Gasteiger partial charge >= 0.3 is 0 Å². The van der Waals surface area contributed by atoms with Gasteiger partial charge in [0.1, 0.15) is 22.7 Å². The van der Waals surface area contributed by atoms with Gasteiger partial charge in [-0.2, -0.15) is 0 Å². The van der Waals surface area contributed by atoms with Gasteiger partial charge in [-0.1, -0.05) is 54.6 Å². The molecule has 0 amide bonds. The van der Waals surface area contributed by atoms with Crippen molar-refractivity contribution in [1.82, 2.24) is 0 Å². The SMILES string of the molecule is c1ccc(Oc2ccc(-c3ccc4oc5ccccc5c4c3)cc2)cc1. The monoisotopic (exact) mass is 336 g/mol. The van der Waals surface area contributed by atoms with Crippen LogP contribution < -0.4 is 4.74 Å². The molecular weight excluding hydrogens is 320 g/mol. The molecule has 0 radical (unpaired) electrons. The molecule has 2 heteroatoms. The Morgan fingerprint density at radius 3 is 2.00 bits per heavy atom. The molecule has 0 bridgehead atoms. The van der Waals surface area contributed by atoms with Crippen LogP contribution in [-0.2, 0) is 0 Å². The van der Waals surface area contributed by atoms with Crippen molar-refractivity contribution in [3.8, 4) is 22.6 Å². The van der Waals surface area contributed by atoms with Crippen molar-refractivity contribution >= 4 is 21.9 Å². The minimum Gasteiger partial charge on any atom is -0.457 e. The summed E-state index contributed by atoms with van der Waals surface area (Å²) in [6.45, 7) is 0. The standard InChI is InChI=1S/C24H16O2/c1-2-6-19(7-3-1)25-20-13-10-17(11-14-20)18-12-15-24-22(16-18)21-8-4-5-9-23(21)26-24/h1-16H. The molecule has 124 valence electrons. The molecule has 0 saturated carbocycles. The summed E-state index contributed by atoms with van der Waals surface area (Å²) in [6.07, 6.45) is 0. The van der Waals surface area contributed by atoms with E-state index in [9.17, 15) is 0 Å². The van der Waals surface area contributed by atoms with Crippen LogP contribution in [0.1, 0.15) is 0 Å². The van der Waals surface area contributed by atoms with E-state index in [0.29, 0.717) is 0 Å². The summed E-state index contributed by atoms with van der Waals surface area (Å²) in [6, 6.07) is 32.4. The Morgan fingerprint density at radius 2 is 1.15 bits per heavy atom. The lowest BCUT2D eigenvalue weighted by Crippen LogP contribution is -1.84. The second-order valence-corrected chi connectivity index (χ2v) is 6.25. The van der Waals surface area contributed by atoms with Crippen molar-refractivity contribution in [3.05, 3.63) is 97.1 Å². The van der Waals surface area contributed by atoms with E-state index in [2.05, 4.69) is 30.3 Å². The second kappa shape index (κ2) is 6.08. The van der Waals surface area contributed by atoms with Crippen molar-refractivity contribution in [3.63, 3.8) is 0 Å². The third-order valence-corrected chi connectivity index (χ3v) is 4.54. The number of fused-ring (bicyclic) bond motifs is 3. The van der Waals surface area contributed by atoms with Crippen LogP contribution in [0, 0.1) is 0 Å². The molecule has 0 saturated heterocycles. The molecule has 1 aromatic heterocycles. The molecule has 2 nitrogen and oxygen atoms in total. The van der Waals surface area contributed by atoms with Gasteiger partial charge in [-0.3, -0.25) is 0 Å². The highest BCUT2D eigenvalue weighted by atomic mass is 16.5. The Hall–Kier alpha value is -3.52. The lowest BCUT2D eigenvalue weighted by Gasteiger charge is -2.07. The zero-order valence-corrected chi connectivity index (χ0v) is 14.1. The smallest absolute Gasteiger partial charge is 0.135 e. The van der Waals surface area contributed by atoms with E-state index >= 15 is 0 Å². The van der Waals surface area contributed by atoms with E-state index in [1.807, 2.05) is 66.7 Å². The lowest BCUT2D eigenvalue weighted by atomic mass is 10.0. The first-order valence-corrected chi connectivity index (χ1v) is 8.61. The van der Waals surface area contributed by atoms with Gasteiger partial charge < -0.3 is 9.15 Å². The number of furan rings is 1. The molecule has 0 aliphatic rings. The zero-order valence-electron chi connectivity index (χ0n) is 14.1.